The van der Waals surface area contributed by atoms with E-state index in [4.69, 9.17) is 0 Å². The van der Waals surface area contributed by atoms with Gasteiger partial charge in [0.1, 0.15) is 0 Å². The molecule has 0 bridgehead atoms. The number of hydrogen-bond acceptors (Lipinski definition) is 1. The summed E-state index contributed by atoms with van der Waals surface area (Å²) < 4.78 is 2.06. The highest BCUT2D eigenvalue weighted by atomic mass is 14.9. The molecule has 0 aliphatic carbocycles. The third-order valence-corrected chi connectivity index (χ3v) is 1.47. The van der Waals surface area contributed by atoms with Crippen LogP contribution in [0.4, 0.5) is 0 Å². The Kier molecular flexibility index (Phi) is 2.51. The maximum atomic E-state index is 3.26. The second kappa shape index (κ2) is 3.42. The van der Waals surface area contributed by atoms with E-state index in [1.54, 1.807) is 0 Å². The van der Waals surface area contributed by atoms with E-state index in [-0.39, 0.29) is 0 Å². The summed E-state index contributed by atoms with van der Waals surface area (Å²) in [6.45, 7) is 4.13. The van der Waals surface area contributed by atoms with Crippen molar-refractivity contribution in [3.05, 3.63) is 24.0 Å². The molecule has 0 aliphatic heterocycles. The summed E-state index contributed by atoms with van der Waals surface area (Å²) in [5.74, 6) is 0. The van der Waals surface area contributed by atoms with Gasteiger partial charge < -0.3 is 9.88 Å². The van der Waals surface area contributed by atoms with Crippen molar-refractivity contribution < 1.29 is 0 Å². The fourth-order valence-electron chi connectivity index (χ4n) is 0.935. The summed E-state index contributed by atoms with van der Waals surface area (Å²) in [5.41, 5.74) is 1.35. The van der Waals surface area contributed by atoms with Crippen LogP contribution in [-0.4, -0.2) is 11.1 Å². The van der Waals surface area contributed by atoms with Gasteiger partial charge in [-0.05, 0) is 18.2 Å². The fraction of sp³-hybridized carbons (Fsp3) is 0.500. The summed E-state index contributed by atoms with van der Waals surface area (Å²) in [4.78, 5) is 0. The number of hydrogen-bond donors (Lipinski definition) is 1. The normalized spacial score (nSPS) is 10.2. The molecule has 0 atom stereocenters. The van der Waals surface area contributed by atoms with Crippen LogP contribution in [0.1, 0.15) is 12.5 Å². The first kappa shape index (κ1) is 7.35. The van der Waals surface area contributed by atoms with Crippen molar-refractivity contribution >= 4 is 0 Å². The molecule has 0 spiro atoms. The molecule has 0 unspecified atom stereocenters. The van der Waals surface area contributed by atoms with Crippen molar-refractivity contribution in [2.45, 2.75) is 13.5 Å². The van der Waals surface area contributed by atoms with Gasteiger partial charge in [0.05, 0.1) is 0 Å². The number of aromatic nitrogens is 1. The van der Waals surface area contributed by atoms with E-state index in [0.29, 0.717) is 0 Å². The van der Waals surface area contributed by atoms with Crippen LogP contribution in [0.5, 0.6) is 0 Å². The Balaban J connectivity index is 2.42. The first-order valence-corrected chi connectivity index (χ1v) is 3.64. The summed E-state index contributed by atoms with van der Waals surface area (Å²) >= 11 is 0. The lowest BCUT2D eigenvalue weighted by atomic mass is 10.3. The Morgan fingerprint density at radius 2 is 2.40 bits per heavy atom. The zero-order valence-corrected chi connectivity index (χ0v) is 6.59. The van der Waals surface area contributed by atoms with Crippen LogP contribution in [0.25, 0.3) is 0 Å². The Bertz CT molecular complexity index is 191. The molecule has 0 saturated heterocycles. The van der Waals surface area contributed by atoms with Crippen molar-refractivity contribution in [2.24, 2.45) is 7.05 Å². The first-order chi connectivity index (χ1) is 4.83. The zero-order valence-electron chi connectivity index (χ0n) is 6.59. The minimum Gasteiger partial charge on any atom is -0.357 e. The molecule has 1 N–H and O–H groups in total. The van der Waals surface area contributed by atoms with Gasteiger partial charge in [-0.3, -0.25) is 0 Å². The van der Waals surface area contributed by atoms with Gasteiger partial charge in [0, 0.05) is 26.0 Å². The van der Waals surface area contributed by atoms with Crippen molar-refractivity contribution in [3.8, 4) is 0 Å². The molecule has 10 heavy (non-hydrogen) atoms. The molecule has 56 valence electrons. The highest BCUT2D eigenvalue weighted by molar-refractivity contribution is 5.09. The fourth-order valence-corrected chi connectivity index (χ4v) is 0.935. The second-order valence-corrected chi connectivity index (χ2v) is 2.47. The third kappa shape index (κ3) is 1.88. The lowest BCUT2D eigenvalue weighted by molar-refractivity contribution is 0.725. The predicted molar refractivity (Wildman–Crippen MR) is 42.8 cm³/mol. The third-order valence-electron chi connectivity index (χ3n) is 1.47. The largest absolute Gasteiger partial charge is 0.357 e. The van der Waals surface area contributed by atoms with Gasteiger partial charge in [0.15, 0.2) is 0 Å². The molecular weight excluding hydrogens is 124 g/mol. The molecule has 1 heterocycles. The summed E-state index contributed by atoms with van der Waals surface area (Å²) in [6, 6.07) is 2.13. The van der Waals surface area contributed by atoms with Crippen molar-refractivity contribution in [2.75, 3.05) is 6.54 Å². The lowest BCUT2D eigenvalue weighted by Gasteiger charge is -1.95. The molecular formula is C8H14N2. The van der Waals surface area contributed by atoms with Gasteiger partial charge in [-0.15, -0.1) is 0 Å². The average Bonchev–Trinajstić information content (AvgIpc) is 2.31. The van der Waals surface area contributed by atoms with E-state index in [0.717, 1.165) is 13.1 Å². The smallest absolute Gasteiger partial charge is 0.0220 e. The number of aryl methyl sites for hydroxylation is 1. The molecule has 0 radical (unpaired) electrons. The molecule has 1 rings (SSSR count). The van der Waals surface area contributed by atoms with Crippen molar-refractivity contribution in [3.63, 3.8) is 0 Å². The first-order valence-electron chi connectivity index (χ1n) is 3.64. The number of nitrogens with one attached hydrogen (secondary N) is 1. The van der Waals surface area contributed by atoms with E-state index in [1.807, 2.05) is 7.05 Å². The predicted octanol–water partition coefficient (Wildman–Crippen LogP) is 1.13. The molecule has 2 heteroatoms. The van der Waals surface area contributed by atoms with Gasteiger partial charge in [0.25, 0.3) is 0 Å². The van der Waals surface area contributed by atoms with Crippen LogP contribution in [0.3, 0.4) is 0 Å². The Morgan fingerprint density at radius 1 is 1.60 bits per heavy atom. The maximum absolute atomic E-state index is 3.26. The van der Waals surface area contributed by atoms with Crippen LogP contribution < -0.4 is 5.32 Å². The topological polar surface area (TPSA) is 17.0 Å². The SMILES string of the molecule is CCNCc1ccn(C)c1. The number of rotatable bonds is 3. The van der Waals surface area contributed by atoms with Gasteiger partial charge in [-0.25, -0.2) is 0 Å². The monoisotopic (exact) mass is 138 g/mol. The molecule has 0 aromatic carbocycles. The molecule has 0 fully saturated rings. The van der Waals surface area contributed by atoms with Gasteiger partial charge >= 0.3 is 0 Å². The van der Waals surface area contributed by atoms with Crippen LogP contribution >= 0.6 is 0 Å². The van der Waals surface area contributed by atoms with Gasteiger partial charge in [0.2, 0.25) is 0 Å². The highest BCUT2D eigenvalue weighted by Crippen LogP contribution is 1.97. The minimum atomic E-state index is 0.983. The maximum Gasteiger partial charge on any atom is 0.0220 e. The van der Waals surface area contributed by atoms with Gasteiger partial charge in [-0.2, -0.15) is 0 Å². The molecule has 2 nitrogen and oxygen atoms in total. The van der Waals surface area contributed by atoms with E-state index in [1.165, 1.54) is 5.56 Å². The quantitative estimate of drug-likeness (QED) is 0.662. The lowest BCUT2D eigenvalue weighted by Crippen LogP contribution is -2.10. The Labute approximate surface area is 61.9 Å². The second-order valence-electron chi connectivity index (χ2n) is 2.47. The van der Waals surface area contributed by atoms with E-state index < -0.39 is 0 Å². The molecule has 0 saturated carbocycles. The number of nitrogens with zero attached hydrogens (tertiary/aromatic N) is 1. The summed E-state index contributed by atoms with van der Waals surface area (Å²) in [5, 5.41) is 3.26. The van der Waals surface area contributed by atoms with Crippen LogP contribution in [0.15, 0.2) is 18.5 Å². The van der Waals surface area contributed by atoms with Gasteiger partial charge in [-0.1, -0.05) is 6.92 Å². The van der Waals surface area contributed by atoms with Crippen LogP contribution in [0.2, 0.25) is 0 Å². The van der Waals surface area contributed by atoms with E-state index in [2.05, 4.69) is 35.3 Å². The average molecular weight is 138 g/mol. The molecule has 0 amide bonds. The summed E-state index contributed by atoms with van der Waals surface area (Å²) in [7, 11) is 2.04. The van der Waals surface area contributed by atoms with Crippen molar-refractivity contribution in [1.82, 2.24) is 9.88 Å². The Hall–Kier alpha value is -0.760. The summed E-state index contributed by atoms with van der Waals surface area (Å²) in [6.07, 6.45) is 4.19. The Morgan fingerprint density at radius 3 is 2.90 bits per heavy atom. The minimum absolute atomic E-state index is 0.983. The van der Waals surface area contributed by atoms with E-state index in [9.17, 15) is 0 Å². The van der Waals surface area contributed by atoms with Crippen LogP contribution in [-0.2, 0) is 13.6 Å². The standard InChI is InChI=1S/C8H14N2/c1-3-9-6-8-4-5-10(2)7-8/h4-5,7,9H,3,6H2,1-2H3. The zero-order chi connectivity index (χ0) is 7.40. The molecule has 0 aliphatic rings. The van der Waals surface area contributed by atoms with Crippen molar-refractivity contribution in [1.29, 1.82) is 0 Å². The molecule has 1 aromatic heterocycles. The molecule has 1 aromatic rings. The van der Waals surface area contributed by atoms with Crippen LogP contribution in [0, 0.1) is 0 Å². The van der Waals surface area contributed by atoms with E-state index >= 15 is 0 Å². The highest BCUT2D eigenvalue weighted by Gasteiger charge is 1.90.